The molecule has 1 unspecified atom stereocenters. The number of nitrogens with zero attached hydrogens (tertiary/aromatic N) is 3. The van der Waals surface area contributed by atoms with Crippen molar-refractivity contribution in [2.75, 3.05) is 13.2 Å². The van der Waals surface area contributed by atoms with Crippen LogP contribution in [0, 0.1) is 5.82 Å². The number of rotatable bonds is 12. The number of nitrogens with one attached hydrogen (secondary N) is 1. The van der Waals surface area contributed by atoms with Crippen molar-refractivity contribution in [3.63, 3.8) is 0 Å². The summed E-state index contributed by atoms with van der Waals surface area (Å²) in [7, 11) is 0. The molecule has 13 heteroatoms. The van der Waals surface area contributed by atoms with Gasteiger partial charge in [0.25, 0.3) is 5.91 Å². The van der Waals surface area contributed by atoms with Gasteiger partial charge in [-0.15, -0.1) is 0 Å². The molecule has 1 heterocycles. The molecule has 1 aliphatic rings. The lowest BCUT2D eigenvalue weighted by atomic mass is 10.0. The van der Waals surface area contributed by atoms with Gasteiger partial charge in [-0.1, -0.05) is 29.8 Å². The van der Waals surface area contributed by atoms with E-state index in [1.54, 1.807) is 24.3 Å². The highest BCUT2D eigenvalue weighted by molar-refractivity contribution is 6.30. The smallest absolute Gasteiger partial charge is 0.269 e. The number of aromatic nitrogens is 2. The molecule has 4 rings (SSSR count). The van der Waals surface area contributed by atoms with Crippen LogP contribution in [0.5, 0.6) is 0 Å². The molecule has 206 valence electrons. The summed E-state index contributed by atoms with van der Waals surface area (Å²) >= 11 is 5.79. The molecule has 1 fully saturated rings. The summed E-state index contributed by atoms with van der Waals surface area (Å²) in [5.74, 6) is -2.66. The van der Waals surface area contributed by atoms with Crippen LogP contribution in [-0.4, -0.2) is 68.5 Å². The van der Waals surface area contributed by atoms with Crippen LogP contribution in [0.3, 0.4) is 0 Å². The molecule has 0 aliphatic heterocycles. The fraction of sp³-hybridized carbons (Fsp3) is 0.346. The van der Waals surface area contributed by atoms with Crippen molar-refractivity contribution in [1.82, 2.24) is 20.0 Å². The Morgan fingerprint density at radius 1 is 1.23 bits per heavy atom. The summed E-state index contributed by atoms with van der Waals surface area (Å²) in [6.45, 7) is -1.06. The Hall–Kier alpha value is -3.87. The molecule has 0 spiro atoms. The topological polar surface area (TPSA) is 174 Å². The van der Waals surface area contributed by atoms with Gasteiger partial charge in [-0.3, -0.25) is 23.9 Å². The lowest BCUT2D eigenvalue weighted by Gasteiger charge is -2.22. The van der Waals surface area contributed by atoms with E-state index >= 15 is 0 Å². The van der Waals surface area contributed by atoms with Gasteiger partial charge in [0.05, 0.1) is 29.7 Å². The highest BCUT2D eigenvalue weighted by Crippen LogP contribution is 2.28. The molecule has 1 saturated carbocycles. The van der Waals surface area contributed by atoms with E-state index in [0.29, 0.717) is 16.5 Å². The number of hydrogen-bond acceptors (Lipinski definition) is 7. The van der Waals surface area contributed by atoms with E-state index in [9.17, 15) is 23.6 Å². The molecular weight excluding hydrogens is 531 g/mol. The minimum atomic E-state index is -1.02. The first-order valence-electron chi connectivity index (χ1n) is 12.3. The largest absolute Gasteiger partial charge is 0.394 e. The Bertz CT molecular complexity index is 1440. The number of benzene rings is 2. The van der Waals surface area contributed by atoms with E-state index in [1.807, 2.05) is 0 Å². The average molecular weight is 559 g/mol. The van der Waals surface area contributed by atoms with E-state index in [1.165, 1.54) is 21.7 Å². The molecule has 0 radical (unpaired) electrons. The maximum absolute atomic E-state index is 14.1. The highest BCUT2D eigenvalue weighted by Gasteiger charge is 2.34. The Balaban J connectivity index is 1.48. The molecule has 0 saturated heterocycles. The van der Waals surface area contributed by atoms with Gasteiger partial charge in [0.15, 0.2) is 11.5 Å². The molecule has 3 aromatic rings. The Morgan fingerprint density at radius 2 is 1.97 bits per heavy atom. The van der Waals surface area contributed by atoms with Crippen molar-refractivity contribution in [2.24, 2.45) is 11.5 Å². The molecule has 3 amide bonds. The van der Waals surface area contributed by atoms with E-state index in [4.69, 9.17) is 28.2 Å². The highest BCUT2D eigenvalue weighted by atomic mass is 35.5. The number of aliphatic hydroxyl groups excluding tert-OH is 1. The van der Waals surface area contributed by atoms with Gasteiger partial charge in [-0.05, 0) is 36.6 Å². The molecule has 1 aromatic heterocycles. The first kappa shape index (κ1) is 28.1. The van der Waals surface area contributed by atoms with Crippen molar-refractivity contribution < 1.29 is 28.7 Å². The Morgan fingerprint density at radius 3 is 2.64 bits per heavy atom. The number of nitrogens with two attached hydrogens (primary N) is 2. The van der Waals surface area contributed by atoms with Crippen molar-refractivity contribution in [3.05, 3.63) is 64.1 Å². The quantitative estimate of drug-likeness (QED) is 0.253. The summed E-state index contributed by atoms with van der Waals surface area (Å²) < 4.78 is 15.5. The summed E-state index contributed by atoms with van der Waals surface area (Å²) in [5.41, 5.74) is 12.2. The zero-order valence-corrected chi connectivity index (χ0v) is 21.7. The van der Waals surface area contributed by atoms with Crippen LogP contribution in [0.2, 0.25) is 5.02 Å². The van der Waals surface area contributed by atoms with Crippen molar-refractivity contribution >= 4 is 46.0 Å². The van der Waals surface area contributed by atoms with E-state index in [2.05, 4.69) is 10.4 Å². The van der Waals surface area contributed by atoms with E-state index < -0.39 is 36.2 Å². The van der Waals surface area contributed by atoms with Gasteiger partial charge in [-0.25, -0.2) is 4.39 Å². The minimum Gasteiger partial charge on any atom is -0.394 e. The number of hydrogen-bond donors (Lipinski definition) is 4. The Labute approximate surface area is 227 Å². The number of carbonyl (C=O) groups is 4. The average Bonchev–Trinajstić information content (AvgIpc) is 3.69. The first-order valence-corrected chi connectivity index (χ1v) is 12.6. The Kier molecular flexibility index (Phi) is 8.58. The zero-order valence-electron chi connectivity index (χ0n) is 20.9. The maximum Gasteiger partial charge on any atom is 0.269 e. The lowest BCUT2D eigenvalue weighted by Crippen LogP contribution is -2.43. The monoisotopic (exact) mass is 558 g/mol. The van der Waals surface area contributed by atoms with Gasteiger partial charge in [0, 0.05) is 30.0 Å². The molecular formula is C26H28ClFN6O5. The molecule has 0 bridgehead atoms. The standard InChI is InChI=1S/C26H28ClFN6O5/c27-18-3-1-2-15(24(18)28)10-31-22(37)11-33(16-5-6-16)23(38)12-34-20-7-4-14(9-21(36)19(29)13-35)8-17(20)25(32-34)26(30)39/h1-4,7-8,16,19,35H,5-6,9-13,29H2,(H2,30,39)(H,31,37). The second-order valence-corrected chi connectivity index (χ2v) is 9.80. The fourth-order valence-corrected chi connectivity index (χ4v) is 4.38. The van der Waals surface area contributed by atoms with Crippen molar-refractivity contribution in [1.29, 1.82) is 0 Å². The second-order valence-electron chi connectivity index (χ2n) is 9.40. The number of halogens is 2. The third-order valence-corrected chi connectivity index (χ3v) is 6.74. The molecule has 2 aromatic carbocycles. The number of Topliss-reactive ketones (excluding diaryl/α,β-unsaturated/α-hetero) is 1. The van der Waals surface area contributed by atoms with Gasteiger partial charge in [0.2, 0.25) is 11.8 Å². The van der Waals surface area contributed by atoms with Crippen LogP contribution >= 0.6 is 11.6 Å². The number of carbonyl (C=O) groups excluding carboxylic acids is 4. The molecule has 39 heavy (non-hydrogen) atoms. The summed E-state index contributed by atoms with van der Waals surface area (Å²) in [5, 5.41) is 16.3. The summed E-state index contributed by atoms with van der Waals surface area (Å²) in [4.78, 5) is 51.5. The van der Waals surface area contributed by atoms with Crippen LogP contribution in [0.4, 0.5) is 4.39 Å². The molecule has 11 nitrogen and oxygen atoms in total. The zero-order chi connectivity index (χ0) is 28.3. The number of aliphatic hydroxyl groups is 1. The maximum atomic E-state index is 14.1. The number of ketones is 1. The number of primary amides is 1. The van der Waals surface area contributed by atoms with Crippen LogP contribution < -0.4 is 16.8 Å². The van der Waals surface area contributed by atoms with Crippen LogP contribution in [0.25, 0.3) is 10.9 Å². The summed E-state index contributed by atoms with van der Waals surface area (Å²) in [6.07, 6.45) is 1.41. The number of amides is 3. The van der Waals surface area contributed by atoms with Gasteiger partial charge >= 0.3 is 0 Å². The van der Waals surface area contributed by atoms with Crippen LogP contribution in [0.15, 0.2) is 36.4 Å². The normalized spacial score (nSPS) is 13.7. The number of fused-ring (bicyclic) bond motifs is 1. The van der Waals surface area contributed by atoms with Crippen LogP contribution in [0.1, 0.15) is 34.5 Å². The van der Waals surface area contributed by atoms with Gasteiger partial charge < -0.3 is 26.8 Å². The van der Waals surface area contributed by atoms with E-state index in [0.717, 1.165) is 12.8 Å². The summed E-state index contributed by atoms with van der Waals surface area (Å²) in [6, 6.07) is 8.18. The third-order valence-electron chi connectivity index (χ3n) is 6.45. The predicted octanol–water partition coefficient (Wildman–Crippen LogP) is 0.666. The lowest BCUT2D eigenvalue weighted by molar-refractivity contribution is -0.137. The minimum absolute atomic E-state index is 0.0502. The fourth-order valence-electron chi connectivity index (χ4n) is 4.19. The van der Waals surface area contributed by atoms with Gasteiger partial charge in [-0.2, -0.15) is 5.10 Å². The van der Waals surface area contributed by atoms with E-state index in [-0.39, 0.29) is 54.2 Å². The predicted molar refractivity (Wildman–Crippen MR) is 140 cm³/mol. The van der Waals surface area contributed by atoms with Crippen molar-refractivity contribution in [3.8, 4) is 0 Å². The van der Waals surface area contributed by atoms with Gasteiger partial charge in [0.1, 0.15) is 12.4 Å². The van der Waals surface area contributed by atoms with Crippen LogP contribution in [-0.2, 0) is 33.9 Å². The molecule has 1 aliphatic carbocycles. The van der Waals surface area contributed by atoms with Crippen molar-refractivity contribution in [2.45, 2.75) is 44.4 Å². The third kappa shape index (κ3) is 6.59. The molecule has 6 N–H and O–H groups in total. The molecule has 1 atom stereocenters. The SMILES string of the molecule is NC(=O)c1nn(CC(=O)N(CC(=O)NCc2cccc(Cl)c2F)C2CC2)c2ccc(CC(=O)C(N)CO)cc12. The second kappa shape index (κ2) is 11.9. The first-order chi connectivity index (χ1) is 18.6.